The SMILES string of the molecule is Cc1nc(N(C)C)ncc1C(=O)N1C[C@H]2COC[C@@H]1CN(C)C2. The molecule has 7 heteroatoms. The maximum absolute atomic E-state index is 13.1. The van der Waals surface area contributed by atoms with Crippen molar-refractivity contribution in [2.24, 2.45) is 5.92 Å². The number of likely N-dealkylation sites (N-methyl/N-ethyl adjacent to an activating group) is 1. The molecule has 0 aliphatic carbocycles. The van der Waals surface area contributed by atoms with Crippen LogP contribution in [0.15, 0.2) is 6.20 Å². The molecule has 0 saturated carbocycles. The van der Waals surface area contributed by atoms with Gasteiger partial charge in [0.15, 0.2) is 0 Å². The predicted octanol–water partition coefficient (Wildman–Crippen LogP) is 0.254. The Labute approximate surface area is 137 Å². The molecule has 1 aromatic heterocycles. The minimum Gasteiger partial charge on any atom is -0.379 e. The lowest BCUT2D eigenvalue weighted by Gasteiger charge is -2.30. The minimum atomic E-state index is 0.0172. The summed E-state index contributed by atoms with van der Waals surface area (Å²) in [5.74, 6) is 0.999. The van der Waals surface area contributed by atoms with Crippen molar-refractivity contribution < 1.29 is 9.53 Å². The molecule has 2 aliphatic rings. The Hall–Kier alpha value is -1.73. The molecule has 0 unspecified atom stereocenters. The van der Waals surface area contributed by atoms with Crippen LogP contribution in [0.1, 0.15) is 16.1 Å². The second-order valence-corrected chi connectivity index (χ2v) is 6.80. The first kappa shape index (κ1) is 16.1. The first-order valence-corrected chi connectivity index (χ1v) is 8.04. The number of amides is 1. The summed E-state index contributed by atoms with van der Waals surface area (Å²) in [6, 6.07) is 0.0907. The molecular formula is C16H25N5O2. The van der Waals surface area contributed by atoms with Crippen molar-refractivity contribution in [2.75, 3.05) is 58.9 Å². The molecule has 2 saturated heterocycles. The Balaban J connectivity index is 1.87. The lowest BCUT2D eigenvalue weighted by Crippen LogP contribution is -2.46. The molecular weight excluding hydrogens is 294 g/mol. The van der Waals surface area contributed by atoms with Crippen LogP contribution < -0.4 is 4.90 Å². The van der Waals surface area contributed by atoms with E-state index in [-0.39, 0.29) is 11.9 Å². The lowest BCUT2D eigenvalue weighted by molar-refractivity contribution is 0.0482. The molecule has 1 aromatic rings. The Kier molecular flexibility index (Phi) is 4.50. The molecule has 3 heterocycles. The molecule has 2 atom stereocenters. The van der Waals surface area contributed by atoms with Crippen LogP contribution >= 0.6 is 0 Å². The number of anilines is 1. The highest BCUT2D eigenvalue weighted by molar-refractivity contribution is 5.95. The topological polar surface area (TPSA) is 61.8 Å². The molecule has 1 amide bonds. The van der Waals surface area contributed by atoms with Crippen LogP contribution in [-0.4, -0.2) is 85.7 Å². The average molecular weight is 319 g/mol. The van der Waals surface area contributed by atoms with Crippen LogP contribution in [-0.2, 0) is 4.74 Å². The van der Waals surface area contributed by atoms with Crippen molar-refractivity contribution >= 4 is 11.9 Å². The molecule has 0 radical (unpaired) electrons. The quantitative estimate of drug-likeness (QED) is 0.779. The molecule has 0 aromatic carbocycles. The van der Waals surface area contributed by atoms with Gasteiger partial charge in [0.1, 0.15) is 0 Å². The predicted molar refractivity (Wildman–Crippen MR) is 87.7 cm³/mol. The highest BCUT2D eigenvalue weighted by atomic mass is 16.5. The van der Waals surface area contributed by atoms with E-state index in [4.69, 9.17) is 4.74 Å². The van der Waals surface area contributed by atoms with Gasteiger partial charge in [0.25, 0.3) is 5.91 Å². The molecule has 23 heavy (non-hydrogen) atoms. The zero-order valence-corrected chi connectivity index (χ0v) is 14.3. The summed E-state index contributed by atoms with van der Waals surface area (Å²) < 4.78 is 5.75. The van der Waals surface area contributed by atoms with Crippen LogP contribution in [0.5, 0.6) is 0 Å². The molecule has 126 valence electrons. The van der Waals surface area contributed by atoms with Gasteiger partial charge in [-0.3, -0.25) is 4.79 Å². The van der Waals surface area contributed by atoms with Crippen molar-refractivity contribution in [1.29, 1.82) is 0 Å². The third kappa shape index (κ3) is 3.30. The van der Waals surface area contributed by atoms with E-state index in [0.717, 1.165) is 31.9 Å². The first-order chi connectivity index (χ1) is 11.0. The minimum absolute atomic E-state index is 0.0172. The third-order valence-corrected chi connectivity index (χ3v) is 4.51. The fraction of sp³-hybridized carbons (Fsp3) is 0.688. The van der Waals surface area contributed by atoms with E-state index in [9.17, 15) is 4.79 Å². The van der Waals surface area contributed by atoms with Gasteiger partial charge in [-0.2, -0.15) is 0 Å². The van der Waals surface area contributed by atoms with Crippen LogP contribution in [0.4, 0.5) is 5.95 Å². The highest BCUT2D eigenvalue weighted by Crippen LogP contribution is 2.22. The van der Waals surface area contributed by atoms with Gasteiger partial charge in [-0.15, -0.1) is 0 Å². The van der Waals surface area contributed by atoms with E-state index in [0.29, 0.717) is 24.0 Å². The number of carbonyl (C=O) groups excluding carboxylic acids is 1. The Morgan fingerprint density at radius 2 is 2.09 bits per heavy atom. The maximum Gasteiger partial charge on any atom is 0.257 e. The van der Waals surface area contributed by atoms with Crippen molar-refractivity contribution in [3.8, 4) is 0 Å². The van der Waals surface area contributed by atoms with Gasteiger partial charge in [0.2, 0.25) is 5.95 Å². The largest absolute Gasteiger partial charge is 0.379 e. The fourth-order valence-electron chi connectivity index (χ4n) is 3.36. The van der Waals surface area contributed by atoms with E-state index in [1.54, 1.807) is 6.20 Å². The van der Waals surface area contributed by atoms with Crippen molar-refractivity contribution in [3.63, 3.8) is 0 Å². The molecule has 2 bridgehead atoms. The van der Waals surface area contributed by atoms with Gasteiger partial charge in [0, 0.05) is 45.8 Å². The summed E-state index contributed by atoms with van der Waals surface area (Å²) in [5, 5.41) is 0. The van der Waals surface area contributed by atoms with E-state index in [1.165, 1.54) is 0 Å². The molecule has 7 nitrogen and oxygen atoms in total. The first-order valence-electron chi connectivity index (χ1n) is 8.04. The zero-order valence-electron chi connectivity index (χ0n) is 14.3. The van der Waals surface area contributed by atoms with Crippen molar-refractivity contribution in [3.05, 3.63) is 17.5 Å². The van der Waals surface area contributed by atoms with E-state index in [1.807, 2.05) is 30.8 Å². The van der Waals surface area contributed by atoms with Gasteiger partial charge in [-0.1, -0.05) is 0 Å². The van der Waals surface area contributed by atoms with E-state index in [2.05, 4.69) is 21.9 Å². The monoisotopic (exact) mass is 319 g/mol. The summed E-state index contributed by atoms with van der Waals surface area (Å²) in [6.07, 6.45) is 1.65. The molecule has 2 fully saturated rings. The van der Waals surface area contributed by atoms with Gasteiger partial charge in [-0.05, 0) is 14.0 Å². The Bertz CT molecular complexity index is 592. The summed E-state index contributed by atoms with van der Waals surface area (Å²) >= 11 is 0. The summed E-state index contributed by atoms with van der Waals surface area (Å²) in [5.41, 5.74) is 1.31. The number of aromatic nitrogens is 2. The van der Waals surface area contributed by atoms with Gasteiger partial charge < -0.3 is 19.4 Å². The number of rotatable bonds is 2. The van der Waals surface area contributed by atoms with Gasteiger partial charge in [-0.25, -0.2) is 9.97 Å². The summed E-state index contributed by atoms with van der Waals surface area (Å²) in [7, 11) is 5.89. The van der Waals surface area contributed by atoms with Gasteiger partial charge in [0.05, 0.1) is 30.5 Å². The number of aryl methyl sites for hydroxylation is 1. The Morgan fingerprint density at radius 3 is 2.78 bits per heavy atom. The van der Waals surface area contributed by atoms with Crippen LogP contribution in [0, 0.1) is 12.8 Å². The lowest BCUT2D eigenvalue weighted by atomic mass is 10.1. The highest BCUT2D eigenvalue weighted by Gasteiger charge is 2.35. The molecule has 2 aliphatic heterocycles. The average Bonchev–Trinajstić information content (AvgIpc) is 2.76. The molecule has 0 spiro atoms. The smallest absolute Gasteiger partial charge is 0.257 e. The number of carbonyl (C=O) groups is 1. The maximum atomic E-state index is 13.1. The van der Waals surface area contributed by atoms with Crippen LogP contribution in [0.25, 0.3) is 0 Å². The number of nitrogens with zero attached hydrogens (tertiary/aromatic N) is 5. The molecule has 0 N–H and O–H groups in total. The van der Waals surface area contributed by atoms with Gasteiger partial charge >= 0.3 is 0 Å². The normalized spacial score (nSPS) is 25.1. The number of ether oxygens (including phenoxy) is 1. The van der Waals surface area contributed by atoms with E-state index >= 15 is 0 Å². The van der Waals surface area contributed by atoms with E-state index < -0.39 is 0 Å². The second-order valence-electron chi connectivity index (χ2n) is 6.80. The van der Waals surface area contributed by atoms with Crippen LogP contribution in [0.3, 0.4) is 0 Å². The number of hydrogen-bond donors (Lipinski definition) is 0. The Morgan fingerprint density at radius 1 is 1.30 bits per heavy atom. The van der Waals surface area contributed by atoms with Crippen LogP contribution in [0.2, 0.25) is 0 Å². The fourth-order valence-corrected chi connectivity index (χ4v) is 3.36. The molecule has 3 rings (SSSR count). The summed E-state index contributed by atoms with van der Waals surface area (Å²) in [4.78, 5) is 27.9. The number of fused-ring (bicyclic) bond motifs is 3. The van der Waals surface area contributed by atoms with Crippen molar-refractivity contribution in [2.45, 2.75) is 13.0 Å². The standard InChI is InChI=1S/C16H25N5O2/c1-11-14(5-17-16(18-11)19(2)3)15(22)21-7-12-6-20(4)8-13(21)10-23-9-12/h5,12-13H,6-10H2,1-4H3/t12-,13-/m0/s1. The zero-order chi connectivity index (χ0) is 16.6. The third-order valence-electron chi connectivity index (χ3n) is 4.51. The summed E-state index contributed by atoms with van der Waals surface area (Å²) in [6.45, 7) is 5.74. The van der Waals surface area contributed by atoms with Crippen molar-refractivity contribution in [1.82, 2.24) is 19.8 Å². The second kappa shape index (κ2) is 6.41. The number of hydrogen-bond acceptors (Lipinski definition) is 6.